The van der Waals surface area contributed by atoms with E-state index in [4.69, 9.17) is 27.9 Å². The van der Waals surface area contributed by atoms with Crippen molar-refractivity contribution in [2.24, 2.45) is 5.41 Å². The average molecular weight is 243 g/mol. The van der Waals surface area contributed by atoms with Gasteiger partial charge in [-0.2, -0.15) is 0 Å². The summed E-state index contributed by atoms with van der Waals surface area (Å²) in [5, 5.41) is 0.705. The number of benzene rings is 1. The summed E-state index contributed by atoms with van der Waals surface area (Å²) < 4.78 is 5.72. The molecule has 0 bridgehead atoms. The molecule has 0 amide bonds. The lowest BCUT2D eigenvalue weighted by Crippen LogP contribution is -2.05. The minimum atomic E-state index is 0.140. The molecule has 80 valence electrons. The van der Waals surface area contributed by atoms with Crippen molar-refractivity contribution in [3.63, 3.8) is 0 Å². The van der Waals surface area contributed by atoms with Crippen LogP contribution in [-0.2, 0) is 0 Å². The van der Waals surface area contributed by atoms with Crippen LogP contribution in [0.3, 0.4) is 0 Å². The molecule has 0 atom stereocenters. The summed E-state index contributed by atoms with van der Waals surface area (Å²) >= 11 is 11.5. The molecule has 0 radical (unpaired) electrons. The lowest BCUT2D eigenvalue weighted by Gasteiger charge is -2.14. The maximum Gasteiger partial charge on any atom is 0.127 e. The van der Waals surface area contributed by atoms with Crippen LogP contribution in [0.15, 0.2) is 35.6 Å². The zero-order valence-corrected chi connectivity index (χ0v) is 9.98. The third-order valence-corrected chi connectivity index (χ3v) is 3.19. The van der Waals surface area contributed by atoms with Crippen molar-refractivity contribution in [3.05, 3.63) is 40.6 Å². The Morgan fingerprint density at radius 3 is 2.40 bits per heavy atom. The van der Waals surface area contributed by atoms with E-state index in [9.17, 15) is 0 Å². The summed E-state index contributed by atoms with van der Waals surface area (Å²) in [4.78, 5) is 0. The minimum Gasteiger partial charge on any atom is -0.460 e. The van der Waals surface area contributed by atoms with Gasteiger partial charge in [-0.25, -0.2) is 0 Å². The summed E-state index contributed by atoms with van der Waals surface area (Å²) in [7, 11) is 0. The summed E-state index contributed by atoms with van der Waals surface area (Å²) in [6, 6.07) is 7.29. The van der Waals surface area contributed by atoms with Crippen molar-refractivity contribution in [3.8, 4) is 5.75 Å². The number of hydrogen-bond acceptors (Lipinski definition) is 1. The average Bonchev–Trinajstić information content (AvgIpc) is 2.96. The van der Waals surface area contributed by atoms with Gasteiger partial charge in [0.25, 0.3) is 0 Å². The number of rotatable bonds is 3. The monoisotopic (exact) mass is 242 g/mol. The number of ether oxygens (including phenoxy) is 1. The van der Waals surface area contributed by atoms with Gasteiger partial charge in [0.15, 0.2) is 0 Å². The maximum atomic E-state index is 5.79. The molecule has 1 nitrogen and oxygen atoms in total. The number of hydrogen-bond donors (Lipinski definition) is 0. The highest BCUT2D eigenvalue weighted by Crippen LogP contribution is 2.51. The molecule has 0 spiro atoms. The molecule has 0 N–H and O–H groups in total. The summed E-state index contributed by atoms with van der Waals surface area (Å²) in [6.07, 6.45) is 2.28. The van der Waals surface area contributed by atoms with Crippen molar-refractivity contribution in [1.29, 1.82) is 0 Å². The van der Waals surface area contributed by atoms with Gasteiger partial charge in [0.2, 0.25) is 0 Å². The molecule has 0 aliphatic heterocycles. The van der Waals surface area contributed by atoms with Gasteiger partial charge >= 0.3 is 0 Å². The third kappa shape index (κ3) is 2.47. The predicted molar refractivity (Wildman–Crippen MR) is 63.4 cm³/mol. The van der Waals surface area contributed by atoms with Gasteiger partial charge < -0.3 is 4.74 Å². The van der Waals surface area contributed by atoms with Gasteiger partial charge in [-0.3, -0.25) is 0 Å². The first kappa shape index (κ1) is 10.8. The Bertz CT molecular complexity index is 377. The molecular weight excluding hydrogens is 231 g/mol. The lowest BCUT2D eigenvalue weighted by atomic mass is 10.1. The van der Waals surface area contributed by atoms with Crippen LogP contribution < -0.4 is 4.74 Å². The van der Waals surface area contributed by atoms with E-state index in [1.807, 2.05) is 12.1 Å². The quantitative estimate of drug-likeness (QED) is 0.705. The van der Waals surface area contributed by atoms with Crippen LogP contribution in [0, 0.1) is 5.41 Å². The molecule has 0 unspecified atom stereocenters. The molecule has 15 heavy (non-hydrogen) atoms. The van der Waals surface area contributed by atoms with E-state index >= 15 is 0 Å². The number of allylic oxidation sites excluding steroid dienone is 1. The molecule has 0 heterocycles. The van der Waals surface area contributed by atoms with E-state index in [0.717, 1.165) is 24.4 Å². The van der Waals surface area contributed by atoms with E-state index in [1.165, 1.54) is 5.54 Å². The van der Waals surface area contributed by atoms with Gasteiger partial charge in [-0.15, -0.1) is 0 Å². The van der Waals surface area contributed by atoms with Crippen LogP contribution in [0.1, 0.15) is 19.8 Å². The minimum absolute atomic E-state index is 0.140. The third-order valence-electron chi connectivity index (χ3n) is 2.74. The molecule has 1 aliphatic carbocycles. The summed E-state index contributed by atoms with van der Waals surface area (Å²) in [5.41, 5.74) is 1.67. The molecule has 3 heteroatoms. The van der Waals surface area contributed by atoms with Crippen LogP contribution in [0.5, 0.6) is 5.75 Å². The predicted octanol–water partition coefficient (Wildman–Crippen LogP) is 4.60. The highest BCUT2D eigenvalue weighted by Gasteiger charge is 2.43. The largest absolute Gasteiger partial charge is 0.460 e. The van der Waals surface area contributed by atoms with E-state index in [1.54, 1.807) is 12.1 Å². The smallest absolute Gasteiger partial charge is 0.127 e. The van der Waals surface area contributed by atoms with Crippen molar-refractivity contribution in [2.75, 3.05) is 0 Å². The topological polar surface area (TPSA) is 9.23 Å². The molecule has 1 aromatic rings. The molecule has 2 rings (SSSR count). The summed E-state index contributed by atoms with van der Waals surface area (Å²) in [5.74, 6) is 1.62. The van der Waals surface area contributed by atoms with Crippen LogP contribution in [0.25, 0.3) is 0 Å². The Morgan fingerprint density at radius 2 is 1.93 bits per heavy atom. The molecule has 0 aromatic heterocycles. The van der Waals surface area contributed by atoms with Crippen LogP contribution in [0.2, 0.25) is 5.02 Å². The van der Waals surface area contributed by atoms with Gasteiger partial charge in [-0.05, 0) is 37.1 Å². The number of halogens is 2. The van der Waals surface area contributed by atoms with Crippen molar-refractivity contribution in [1.82, 2.24) is 0 Å². The van der Waals surface area contributed by atoms with Gasteiger partial charge in [0.1, 0.15) is 11.5 Å². The second-order valence-electron chi connectivity index (χ2n) is 4.09. The second-order valence-corrected chi connectivity index (χ2v) is 4.74. The Morgan fingerprint density at radius 1 is 1.33 bits per heavy atom. The Hall–Kier alpha value is -0.660. The zero-order chi connectivity index (χ0) is 10.9. The van der Waals surface area contributed by atoms with E-state index < -0.39 is 0 Å². The standard InChI is InChI=1S/C12H12Cl2O/c1-12(6-7-12)11(8-13)15-10-4-2-9(14)3-5-10/h2-5,8H,6-7H2,1H3. The first-order chi connectivity index (χ1) is 7.14. The maximum absolute atomic E-state index is 5.79. The van der Waals surface area contributed by atoms with Gasteiger partial charge in [0, 0.05) is 16.0 Å². The van der Waals surface area contributed by atoms with E-state index in [2.05, 4.69) is 6.92 Å². The molecule has 1 aromatic carbocycles. The Kier molecular flexibility index (Phi) is 2.94. The van der Waals surface area contributed by atoms with Crippen LogP contribution >= 0.6 is 23.2 Å². The van der Waals surface area contributed by atoms with Crippen molar-refractivity contribution < 1.29 is 4.74 Å². The fourth-order valence-electron chi connectivity index (χ4n) is 1.34. The van der Waals surface area contributed by atoms with Crippen molar-refractivity contribution in [2.45, 2.75) is 19.8 Å². The fourth-order valence-corrected chi connectivity index (χ4v) is 1.77. The highest BCUT2D eigenvalue weighted by molar-refractivity contribution is 6.30. The zero-order valence-electron chi connectivity index (χ0n) is 8.47. The fraction of sp³-hybridized carbons (Fsp3) is 0.333. The van der Waals surface area contributed by atoms with Crippen molar-refractivity contribution >= 4 is 23.2 Å². The lowest BCUT2D eigenvalue weighted by molar-refractivity contribution is 0.348. The van der Waals surface area contributed by atoms with Gasteiger partial charge in [0.05, 0.1) is 0 Å². The van der Waals surface area contributed by atoms with E-state index in [-0.39, 0.29) is 5.41 Å². The van der Waals surface area contributed by atoms with E-state index in [0.29, 0.717) is 5.02 Å². The molecular formula is C12H12Cl2O. The molecule has 1 saturated carbocycles. The normalized spacial score (nSPS) is 18.7. The second kappa shape index (κ2) is 4.07. The van der Waals surface area contributed by atoms with Gasteiger partial charge in [-0.1, -0.05) is 30.1 Å². The first-order valence-corrected chi connectivity index (χ1v) is 5.70. The van der Waals surface area contributed by atoms with Crippen LogP contribution in [-0.4, -0.2) is 0 Å². The molecule has 0 saturated heterocycles. The molecule has 1 aliphatic rings. The SMILES string of the molecule is CC1(C(=CCl)Oc2ccc(Cl)cc2)CC1. The Balaban J connectivity index is 2.11. The highest BCUT2D eigenvalue weighted by atomic mass is 35.5. The van der Waals surface area contributed by atoms with Crippen LogP contribution in [0.4, 0.5) is 0 Å². The summed E-state index contributed by atoms with van der Waals surface area (Å²) in [6.45, 7) is 2.15. The Labute approximate surface area is 99.6 Å². The first-order valence-electron chi connectivity index (χ1n) is 4.88. The molecule has 1 fully saturated rings.